The third-order valence-electron chi connectivity index (χ3n) is 7.90. The highest BCUT2D eigenvalue weighted by Crippen LogP contribution is 2.30. The molecule has 198 valence electrons. The van der Waals surface area contributed by atoms with Gasteiger partial charge in [-0.15, -0.1) is 5.10 Å². The molecule has 39 heavy (non-hydrogen) atoms. The number of rotatable bonds is 6. The number of hydrogen-bond donors (Lipinski definition) is 1. The lowest BCUT2D eigenvalue weighted by Crippen LogP contribution is -2.49. The molecule has 8 nitrogen and oxygen atoms in total. The number of H-pyrrole nitrogens is 1. The van der Waals surface area contributed by atoms with Crippen LogP contribution < -0.4 is 10.5 Å². The molecule has 0 saturated carbocycles. The highest BCUT2D eigenvalue weighted by Gasteiger charge is 2.33. The molecule has 6 rings (SSSR count). The fourth-order valence-electron chi connectivity index (χ4n) is 5.62. The summed E-state index contributed by atoms with van der Waals surface area (Å²) in [6, 6.07) is 24.4. The monoisotopic (exact) mass is 519 g/mol. The molecular weight excluding hydrogens is 486 g/mol. The van der Waals surface area contributed by atoms with Gasteiger partial charge in [0.25, 0.3) is 5.56 Å². The second-order valence-electron chi connectivity index (χ2n) is 10.5. The summed E-state index contributed by atoms with van der Waals surface area (Å²) >= 11 is 0. The molecule has 1 aliphatic heterocycles. The predicted octanol–water partition coefficient (Wildman–Crippen LogP) is 4.40. The van der Waals surface area contributed by atoms with E-state index in [1.807, 2.05) is 41.1 Å². The molecule has 0 aliphatic carbocycles. The first-order valence-electron chi connectivity index (χ1n) is 13.5. The third-order valence-corrected chi connectivity index (χ3v) is 7.90. The Bertz CT molecular complexity index is 1670. The summed E-state index contributed by atoms with van der Waals surface area (Å²) in [5.41, 5.74) is 7.53. The first kappa shape index (κ1) is 25.0. The highest BCUT2D eigenvalue weighted by molar-refractivity contribution is 5.79. The minimum atomic E-state index is -0.377. The molecular formula is C31H33N7O. The van der Waals surface area contributed by atoms with Crippen molar-refractivity contribution in [3.05, 3.63) is 117 Å². The van der Waals surface area contributed by atoms with E-state index in [-0.39, 0.29) is 11.6 Å². The fourth-order valence-corrected chi connectivity index (χ4v) is 5.62. The minimum absolute atomic E-state index is 0.109. The molecule has 1 N–H and O–H groups in total. The molecule has 0 unspecified atom stereocenters. The van der Waals surface area contributed by atoms with Crippen molar-refractivity contribution in [3.8, 4) is 0 Å². The molecule has 8 heteroatoms. The maximum atomic E-state index is 13.6. The molecule has 0 radical (unpaired) electrons. The average Bonchev–Trinajstić information content (AvgIpc) is 3.39. The smallest absolute Gasteiger partial charge is 0.253 e. The van der Waals surface area contributed by atoms with Crippen LogP contribution in [0.2, 0.25) is 0 Å². The van der Waals surface area contributed by atoms with E-state index in [9.17, 15) is 4.79 Å². The van der Waals surface area contributed by atoms with Crippen LogP contribution in [-0.4, -0.2) is 56.3 Å². The van der Waals surface area contributed by atoms with Crippen LogP contribution in [0.1, 0.15) is 39.7 Å². The van der Waals surface area contributed by atoms with Crippen molar-refractivity contribution >= 4 is 16.6 Å². The highest BCUT2D eigenvalue weighted by atomic mass is 16.1. The van der Waals surface area contributed by atoms with E-state index in [4.69, 9.17) is 0 Å². The van der Waals surface area contributed by atoms with E-state index in [2.05, 4.69) is 87.5 Å². The van der Waals surface area contributed by atoms with Crippen molar-refractivity contribution in [1.82, 2.24) is 30.1 Å². The molecule has 0 bridgehead atoms. The summed E-state index contributed by atoms with van der Waals surface area (Å²) in [5.74, 6) is 0.677. The summed E-state index contributed by atoms with van der Waals surface area (Å²) < 4.78 is 1.83. The van der Waals surface area contributed by atoms with Gasteiger partial charge in [0.2, 0.25) is 0 Å². The quantitative estimate of drug-likeness (QED) is 0.358. The molecule has 0 spiro atoms. The van der Waals surface area contributed by atoms with Gasteiger partial charge >= 0.3 is 0 Å². The lowest BCUT2D eigenvalue weighted by molar-refractivity contribution is 0.200. The second-order valence-corrected chi connectivity index (χ2v) is 10.5. The Morgan fingerprint density at radius 2 is 1.69 bits per heavy atom. The molecule has 1 atom stereocenters. The molecule has 1 saturated heterocycles. The van der Waals surface area contributed by atoms with E-state index in [1.165, 1.54) is 16.8 Å². The molecule has 5 aromatic rings. The Kier molecular flexibility index (Phi) is 6.70. The molecule has 2 aromatic heterocycles. The number of anilines is 1. The van der Waals surface area contributed by atoms with Gasteiger partial charge in [-0.2, -0.15) is 0 Å². The van der Waals surface area contributed by atoms with Crippen molar-refractivity contribution < 1.29 is 0 Å². The first-order chi connectivity index (χ1) is 19.0. The van der Waals surface area contributed by atoms with Crippen LogP contribution in [0, 0.1) is 20.8 Å². The molecule has 0 amide bonds. The zero-order valence-electron chi connectivity index (χ0n) is 22.6. The number of hydrogen-bond acceptors (Lipinski definition) is 6. The fraction of sp³-hybridized carbons (Fsp3) is 0.290. The molecule has 1 aliphatic rings. The van der Waals surface area contributed by atoms with Gasteiger partial charge in [-0.3, -0.25) is 9.69 Å². The van der Waals surface area contributed by atoms with E-state index >= 15 is 0 Å². The Hall–Kier alpha value is -4.30. The maximum Gasteiger partial charge on any atom is 0.253 e. The largest absolute Gasteiger partial charge is 0.369 e. The van der Waals surface area contributed by atoms with Crippen LogP contribution in [0.15, 0.2) is 77.6 Å². The number of pyridine rings is 1. The van der Waals surface area contributed by atoms with Crippen LogP contribution in [-0.2, 0) is 6.54 Å². The summed E-state index contributed by atoms with van der Waals surface area (Å²) in [6.45, 7) is 10.2. The van der Waals surface area contributed by atoms with Gasteiger partial charge in [-0.25, -0.2) is 4.68 Å². The summed E-state index contributed by atoms with van der Waals surface area (Å²) in [4.78, 5) is 21.5. The lowest BCUT2D eigenvalue weighted by Gasteiger charge is -2.40. The van der Waals surface area contributed by atoms with Gasteiger partial charge in [0, 0.05) is 42.9 Å². The molecule has 3 heterocycles. The van der Waals surface area contributed by atoms with Gasteiger partial charge in [-0.05, 0) is 77.5 Å². The maximum absolute atomic E-state index is 13.6. The summed E-state index contributed by atoms with van der Waals surface area (Å²) in [7, 11) is 0. The third kappa shape index (κ3) is 4.95. The number of nitrogens with one attached hydrogen (secondary N) is 1. The van der Waals surface area contributed by atoms with Crippen molar-refractivity contribution in [2.24, 2.45) is 0 Å². The molecule has 3 aromatic carbocycles. The SMILES string of the molecule is Cc1ccc2[nH]c(=O)c([C@@H](c3nnnn3Cc3ccccc3)N3CCN(c4cccc(C)c4C)CC3)cc2c1. The number of aromatic amines is 1. The van der Waals surface area contributed by atoms with Crippen LogP contribution in [0.25, 0.3) is 10.9 Å². The average molecular weight is 520 g/mol. The predicted molar refractivity (Wildman–Crippen MR) is 154 cm³/mol. The van der Waals surface area contributed by atoms with E-state index in [0.717, 1.165) is 48.2 Å². The number of piperazine rings is 1. The Labute approximate surface area is 227 Å². The van der Waals surface area contributed by atoms with Gasteiger partial charge in [0.15, 0.2) is 5.82 Å². The van der Waals surface area contributed by atoms with Crippen LogP contribution in [0.5, 0.6) is 0 Å². The van der Waals surface area contributed by atoms with Gasteiger partial charge in [0.05, 0.1) is 6.54 Å². The van der Waals surface area contributed by atoms with Gasteiger partial charge in [0.1, 0.15) is 6.04 Å². The number of aryl methyl sites for hydroxylation is 2. The van der Waals surface area contributed by atoms with Crippen molar-refractivity contribution in [1.29, 1.82) is 0 Å². The number of nitrogens with zero attached hydrogens (tertiary/aromatic N) is 6. The number of benzene rings is 3. The van der Waals surface area contributed by atoms with Crippen molar-refractivity contribution in [2.75, 3.05) is 31.1 Å². The standard InChI is InChI=1S/C31H33N7O/c1-21-12-13-27-25(18-21)19-26(31(39)32-27)29(30-33-34-35-38(30)20-24-9-5-4-6-10-24)37-16-14-36(15-17-37)28-11-7-8-22(2)23(28)3/h4-13,18-19,29H,14-17,20H2,1-3H3,(H,32,39)/t29-/m0/s1. The van der Waals surface area contributed by atoms with Crippen LogP contribution in [0.4, 0.5) is 5.69 Å². The summed E-state index contributed by atoms with van der Waals surface area (Å²) in [6.07, 6.45) is 0. The van der Waals surface area contributed by atoms with Gasteiger partial charge in [-0.1, -0.05) is 54.1 Å². The zero-order chi connectivity index (χ0) is 26.9. The van der Waals surface area contributed by atoms with Crippen LogP contribution in [0.3, 0.4) is 0 Å². The summed E-state index contributed by atoms with van der Waals surface area (Å²) in [5, 5.41) is 13.9. The normalized spacial score (nSPS) is 15.1. The van der Waals surface area contributed by atoms with Crippen molar-refractivity contribution in [2.45, 2.75) is 33.4 Å². The lowest BCUT2D eigenvalue weighted by atomic mass is 10.0. The van der Waals surface area contributed by atoms with E-state index in [0.29, 0.717) is 17.9 Å². The van der Waals surface area contributed by atoms with E-state index < -0.39 is 0 Å². The Morgan fingerprint density at radius 1 is 0.897 bits per heavy atom. The van der Waals surface area contributed by atoms with Crippen molar-refractivity contribution in [3.63, 3.8) is 0 Å². The van der Waals surface area contributed by atoms with Gasteiger partial charge < -0.3 is 9.88 Å². The number of fused-ring (bicyclic) bond motifs is 1. The number of aromatic nitrogens is 5. The second kappa shape index (κ2) is 10.5. The van der Waals surface area contributed by atoms with Crippen LogP contribution >= 0.6 is 0 Å². The van der Waals surface area contributed by atoms with E-state index in [1.54, 1.807) is 0 Å². The topological polar surface area (TPSA) is 82.9 Å². The zero-order valence-corrected chi connectivity index (χ0v) is 22.6. The first-order valence-corrected chi connectivity index (χ1v) is 13.5. The number of tetrazole rings is 1. The Balaban J connectivity index is 1.39. The minimum Gasteiger partial charge on any atom is -0.369 e. The molecule has 1 fully saturated rings. The Morgan fingerprint density at radius 3 is 2.49 bits per heavy atom.